The van der Waals surface area contributed by atoms with E-state index in [0.717, 1.165) is 12.1 Å². The van der Waals surface area contributed by atoms with Crippen molar-refractivity contribution in [3.63, 3.8) is 0 Å². The number of carbonyl (C=O) groups is 1. The van der Waals surface area contributed by atoms with Crippen LogP contribution >= 0.6 is 0 Å². The molecule has 0 unspecified atom stereocenters. The molecule has 0 aliphatic rings. The molecule has 0 fully saturated rings. The molecule has 1 amide bonds. The number of halogens is 3. The van der Waals surface area contributed by atoms with Gasteiger partial charge in [0.25, 0.3) is 0 Å². The second-order valence-electron chi connectivity index (χ2n) is 6.10. The molecule has 0 aliphatic carbocycles. The summed E-state index contributed by atoms with van der Waals surface area (Å²) in [6.45, 7) is 0.0699. The van der Waals surface area contributed by atoms with Gasteiger partial charge >= 0.3 is 6.18 Å². The number of nitrogens with one attached hydrogen (secondary N) is 1. The van der Waals surface area contributed by atoms with Crippen LogP contribution in [0.25, 0.3) is 11.2 Å². The molecule has 0 bridgehead atoms. The van der Waals surface area contributed by atoms with Gasteiger partial charge in [-0.15, -0.1) is 0 Å². The zero-order valence-corrected chi connectivity index (χ0v) is 14.7. The number of nitrogens with zero attached hydrogens (tertiary/aromatic N) is 5. The number of amides is 1. The molecule has 2 heterocycles. The van der Waals surface area contributed by atoms with Crippen LogP contribution in [0.2, 0.25) is 0 Å². The fraction of sp³-hybridized carbons (Fsp3) is 0.294. The Labute approximate surface area is 152 Å². The Bertz CT molecular complexity index is 955. The number of hydrogen-bond acceptors (Lipinski definition) is 5. The number of benzene rings is 1. The molecule has 1 N–H and O–H groups in total. The van der Waals surface area contributed by atoms with Gasteiger partial charge in [0.05, 0.1) is 18.4 Å². The summed E-state index contributed by atoms with van der Waals surface area (Å²) in [5.41, 5.74) is 0.756. The molecule has 0 spiro atoms. The third kappa shape index (κ3) is 4.15. The van der Waals surface area contributed by atoms with Crippen molar-refractivity contribution < 1.29 is 18.0 Å². The Balaban J connectivity index is 1.68. The van der Waals surface area contributed by atoms with Gasteiger partial charge in [0.2, 0.25) is 5.91 Å². The van der Waals surface area contributed by atoms with Crippen molar-refractivity contribution in [2.75, 3.05) is 25.5 Å². The van der Waals surface area contributed by atoms with Gasteiger partial charge in [-0.05, 0) is 17.7 Å². The van der Waals surface area contributed by atoms with Gasteiger partial charge in [-0.1, -0.05) is 12.1 Å². The second-order valence-corrected chi connectivity index (χ2v) is 6.10. The summed E-state index contributed by atoms with van der Waals surface area (Å²) in [6.07, 6.45) is -1.58. The van der Waals surface area contributed by atoms with Gasteiger partial charge in [-0.2, -0.15) is 13.2 Å². The third-order valence-corrected chi connectivity index (χ3v) is 4.04. The minimum Gasteiger partial charge on any atom is -0.348 e. The molecule has 1 aromatic carbocycles. The lowest BCUT2D eigenvalue weighted by atomic mass is 10.1. The predicted octanol–water partition coefficient (Wildman–Crippen LogP) is 2.47. The summed E-state index contributed by atoms with van der Waals surface area (Å²) in [6, 6.07) is 4.94. The van der Waals surface area contributed by atoms with Gasteiger partial charge in [-0.25, -0.2) is 15.0 Å². The van der Waals surface area contributed by atoms with Gasteiger partial charge in [0.1, 0.15) is 11.8 Å². The highest BCUT2D eigenvalue weighted by Gasteiger charge is 2.30. The van der Waals surface area contributed by atoms with Crippen LogP contribution in [0.5, 0.6) is 0 Å². The van der Waals surface area contributed by atoms with Crippen molar-refractivity contribution in [1.29, 1.82) is 0 Å². The lowest BCUT2D eigenvalue weighted by Crippen LogP contribution is -2.36. The molecule has 142 valence electrons. The largest absolute Gasteiger partial charge is 0.416 e. The average Bonchev–Trinajstić information content (AvgIpc) is 3.09. The zero-order valence-electron chi connectivity index (χ0n) is 14.7. The fourth-order valence-electron chi connectivity index (χ4n) is 2.65. The van der Waals surface area contributed by atoms with Crippen LogP contribution in [0.3, 0.4) is 0 Å². The molecule has 2 aromatic heterocycles. The first kappa shape index (κ1) is 18.6. The van der Waals surface area contributed by atoms with E-state index in [-0.39, 0.29) is 19.0 Å². The number of fused-ring (bicyclic) bond motifs is 1. The molecule has 10 heteroatoms. The Morgan fingerprint density at radius 3 is 2.70 bits per heavy atom. The normalized spacial score (nSPS) is 11.6. The number of aromatic amines is 1. The van der Waals surface area contributed by atoms with Crippen LogP contribution in [-0.4, -0.2) is 51.4 Å². The van der Waals surface area contributed by atoms with E-state index < -0.39 is 11.7 Å². The Morgan fingerprint density at radius 2 is 1.96 bits per heavy atom. The van der Waals surface area contributed by atoms with Crippen LogP contribution in [0.4, 0.5) is 19.0 Å². The molecular weight excluding hydrogens is 361 g/mol. The summed E-state index contributed by atoms with van der Waals surface area (Å²) >= 11 is 0. The number of carbonyl (C=O) groups excluding carboxylic acids is 1. The van der Waals surface area contributed by atoms with Crippen molar-refractivity contribution in [3.8, 4) is 0 Å². The summed E-state index contributed by atoms with van der Waals surface area (Å²) in [4.78, 5) is 30.6. The molecule has 0 saturated heterocycles. The van der Waals surface area contributed by atoms with Crippen LogP contribution in [0, 0.1) is 0 Å². The topological polar surface area (TPSA) is 78.0 Å². The lowest BCUT2D eigenvalue weighted by Gasteiger charge is -2.23. The predicted molar refractivity (Wildman–Crippen MR) is 92.9 cm³/mol. The first-order valence-corrected chi connectivity index (χ1v) is 8.01. The van der Waals surface area contributed by atoms with E-state index in [2.05, 4.69) is 19.9 Å². The van der Waals surface area contributed by atoms with Crippen LogP contribution < -0.4 is 4.90 Å². The number of alkyl halides is 3. The van der Waals surface area contributed by atoms with Crippen LogP contribution in [0.1, 0.15) is 11.1 Å². The molecule has 27 heavy (non-hydrogen) atoms. The second kappa shape index (κ2) is 7.22. The highest BCUT2D eigenvalue weighted by Crippen LogP contribution is 2.29. The number of aromatic nitrogens is 4. The first-order valence-electron chi connectivity index (χ1n) is 8.01. The number of anilines is 1. The van der Waals surface area contributed by atoms with E-state index in [1.54, 1.807) is 25.1 Å². The standard InChI is InChI=1S/C17H17F3N6O/c1-25(7-11-4-3-5-12(6-11)17(18,19)20)13(27)8-26(2)16-14-15(22-9-21-14)23-10-24-16/h3-6,9-10H,7-8H2,1-2H3,(H,21,22,23,24). The highest BCUT2D eigenvalue weighted by molar-refractivity contribution is 5.86. The van der Waals surface area contributed by atoms with E-state index >= 15 is 0 Å². The maximum atomic E-state index is 12.8. The van der Waals surface area contributed by atoms with E-state index in [4.69, 9.17) is 0 Å². The van der Waals surface area contributed by atoms with Crippen molar-refractivity contribution in [1.82, 2.24) is 24.8 Å². The molecule has 0 radical (unpaired) electrons. The minimum atomic E-state index is -4.42. The van der Waals surface area contributed by atoms with Crippen LogP contribution in [-0.2, 0) is 17.5 Å². The smallest absolute Gasteiger partial charge is 0.348 e. The van der Waals surface area contributed by atoms with Crippen LogP contribution in [0.15, 0.2) is 36.9 Å². The van der Waals surface area contributed by atoms with Gasteiger partial charge in [0, 0.05) is 20.6 Å². The number of hydrogen-bond donors (Lipinski definition) is 1. The molecule has 0 atom stereocenters. The minimum absolute atomic E-state index is 0.000590. The van der Waals surface area contributed by atoms with Gasteiger partial charge < -0.3 is 14.8 Å². The highest BCUT2D eigenvalue weighted by atomic mass is 19.4. The average molecular weight is 378 g/mol. The summed E-state index contributed by atoms with van der Waals surface area (Å²) in [7, 11) is 3.24. The SMILES string of the molecule is CN(Cc1cccc(C(F)(F)F)c1)C(=O)CN(C)c1ncnc2nc[nH]c12. The van der Waals surface area contributed by atoms with Crippen molar-refractivity contribution >= 4 is 22.9 Å². The molecule has 0 saturated carbocycles. The lowest BCUT2D eigenvalue weighted by molar-refractivity contribution is -0.137. The van der Waals surface area contributed by atoms with Crippen molar-refractivity contribution in [2.24, 2.45) is 0 Å². The molecule has 0 aliphatic heterocycles. The number of H-pyrrole nitrogens is 1. The zero-order chi connectivity index (χ0) is 19.6. The maximum Gasteiger partial charge on any atom is 0.416 e. The number of rotatable bonds is 5. The monoisotopic (exact) mass is 378 g/mol. The molecule has 3 rings (SSSR count). The molecule has 3 aromatic rings. The summed E-state index contributed by atoms with van der Waals surface area (Å²) in [5.74, 6) is 0.250. The van der Waals surface area contributed by atoms with Gasteiger partial charge in [0.15, 0.2) is 11.5 Å². The summed E-state index contributed by atoms with van der Waals surface area (Å²) in [5, 5.41) is 0. The van der Waals surface area contributed by atoms with E-state index in [1.807, 2.05) is 0 Å². The Morgan fingerprint density at radius 1 is 1.19 bits per heavy atom. The van der Waals surface area contributed by atoms with E-state index in [0.29, 0.717) is 22.5 Å². The van der Waals surface area contributed by atoms with E-state index in [9.17, 15) is 18.0 Å². The third-order valence-electron chi connectivity index (χ3n) is 4.04. The van der Waals surface area contributed by atoms with Crippen molar-refractivity contribution in [2.45, 2.75) is 12.7 Å². The molecular formula is C17H17F3N6O. The number of imidazole rings is 1. The Hall–Kier alpha value is -3.17. The quantitative estimate of drug-likeness (QED) is 0.738. The van der Waals surface area contributed by atoms with Crippen molar-refractivity contribution in [3.05, 3.63) is 48.0 Å². The summed E-state index contributed by atoms with van der Waals surface area (Å²) < 4.78 is 38.5. The number of likely N-dealkylation sites (N-methyl/N-ethyl adjacent to an activating group) is 2. The fourth-order valence-corrected chi connectivity index (χ4v) is 2.65. The Kier molecular flexibility index (Phi) is 4.98. The first-order chi connectivity index (χ1) is 12.8. The van der Waals surface area contributed by atoms with E-state index in [1.165, 1.54) is 23.6 Å². The molecule has 7 nitrogen and oxygen atoms in total. The maximum absolute atomic E-state index is 12.8. The van der Waals surface area contributed by atoms with Gasteiger partial charge in [-0.3, -0.25) is 4.79 Å².